The fraction of sp³-hybridized carbons (Fsp3) is 0. The maximum absolute atomic E-state index is 2.42. The third kappa shape index (κ3) is 7.13. The summed E-state index contributed by atoms with van der Waals surface area (Å²) in [4.78, 5) is 2.39. The van der Waals surface area contributed by atoms with Gasteiger partial charge in [0.2, 0.25) is 0 Å². The van der Waals surface area contributed by atoms with Gasteiger partial charge in [-0.15, -0.1) is 0 Å². The average molecular weight is 891 g/mol. The quantitative estimate of drug-likeness (QED) is 0.131. The van der Waals surface area contributed by atoms with Gasteiger partial charge in [-0.1, -0.05) is 212 Å². The maximum Gasteiger partial charge on any atom is 0.0547 e. The fourth-order valence-electron chi connectivity index (χ4n) is 10.8. The van der Waals surface area contributed by atoms with E-state index in [0.717, 1.165) is 28.3 Å². The number of fused-ring (bicyclic) bond motifs is 6. The Hall–Kier alpha value is -9.24. The Morgan fingerprint density at radius 2 is 0.700 bits per heavy atom. The Balaban J connectivity index is 0.959. The van der Waals surface area contributed by atoms with E-state index in [1.54, 1.807) is 0 Å². The molecule has 12 aromatic carbocycles. The molecule has 1 aromatic heterocycles. The lowest BCUT2D eigenvalue weighted by Gasteiger charge is -2.26. The fourth-order valence-corrected chi connectivity index (χ4v) is 10.8. The number of nitrogens with zero attached hydrogens (tertiary/aromatic N) is 2. The van der Waals surface area contributed by atoms with Crippen LogP contribution in [0.15, 0.2) is 279 Å². The number of para-hydroxylation sites is 2. The molecule has 2 nitrogen and oxygen atoms in total. The second-order valence-corrected chi connectivity index (χ2v) is 18.0. The van der Waals surface area contributed by atoms with Gasteiger partial charge in [0.25, 0.3) is 0 Å². The predicted molar refractivity (Wildman–Crippen MR) is 298 cm³/mol. The van der Waals surface area contributed by atoms with E-state index in [4.69, 9.17) is 0 Å². The third-order valence-corrected chi connectivity index (χ3v) is 14.0. The van der Waals surface area contributed by atoms with Crippen molar-refractivity contribution in [2.75, 3.05) is 4.90 Å². The zero-order valence-electron chi connectivity index (χ0n) is 38.5. The highest BCUT2D eigenvalue weighted by Gasteiger charge is 2.21. The third-order valence-electron chi connectivity index (χ3n) is 14.0. The van der Waals surface area contributed by atoms with Gasteiger partial charge in [0.1, 0.15) is 0 Å². The van der Waals surface area contributed by atoms with Crippen LogP contribution in [-0.2, 0) is 0 Å². The van der Waals surface area contributed by atoms with Gasteiger partial charge < -0.3 is 9.47 Å². The molecule has 328 valence electrons. The molecule has 0 saturated carbocycles. The molecule has 13 rings (SSSR count). The summed E-state index contributed by atoms with van der Waals surface area (Å²) in [5.74, 6) is 0. The van der Waals surface area contributed by atoms with E-state index in [-0.39, 0.29) is 0 Å². The molecule has 0 aliphatic carbocycles. The summed E-state index contributed by atoms with van der Waals surface area (Å²) in [7, 11) is 0. The molecule has 0 saturated heterocycles. The zero-order valence-corrected chi connectivity index (χ0v) is 38.5. The first-order valence-electron chi connectivity index (χ1n) is 24.1. The van der Waals surface area contributed by atoms with Crippen LogP contribution in [0.4, 0.5) is 17.1 Å². The lowest BCUT2D eigenvalue weighted by molar-refractivity contribution is 1.18. The summed E-state index contributed by atoms with van der Waals surface area (Å²) in [5.41, 5.74) is 18.8. The molecule has 0 radical (unpaired) electrons. The minimum atomic E-state index is 1.08. The Kier molecular flexibility index (Phi) is 10.2. The second-order valence-electron chi connectivity index (χ2n) is 18.0. The van der Waals surface area contributed by atoms with Crippen molar-refractivity contribution in [3.8, 4) is 61.3 Å². The van der Waals surface area contributed by atoms with Crippen molar-refractivity contribution in [3.05, 3.63) is 279 Å². The molecule has 13 aromatic rings. The number of anilines is 3. The summed E-state index contributed by atoms with van der Waals surface area (Å²) in [6.45, 7) is 0. The van der Waals surface area contributed by atoms with Crippen LogP contribution in [0.1, 0.15) is 0 Å². The summed E-state index contributed by atoms with van der Waals surface area (Å²) in [6.07, 6.45) is 0. The molecule has 70 heavy (non-hydrogen) atoms. The predicted octanol–water partition coefficient (Wildman–Crippen LogP) is 18.9. The van der Waals surface area contributed by atoms with Crippen LogP contribution in [0, 0.1) is 0 Å². The number of rotatable bonds is 9. The molecule has 0 aliphatic heterocycles. The lowest BCUT2D eigenvalue weighted by atomic mass is 9.84. The summed E-state index contributed by atoms with van der Waals surface area (Å²) >= 11 is 0. The van der Waals surface area contributed by atoms with E-state index in [0.29, 0.717) is 0 Å². The van der Waals surface area contributed by atoms with Gasteiger partial charge in [-0.2, -0.15) is 0 Å². The van der Waals surface area contributed by atoms with Gasteiger partial charge in [0.05, 0.1) is 11.0 Å². The minimum Gasteiger partial charge on any atom is -0.310 e. The SMILES string of the molecule is c1ccc(-c2ccc(N(c3ccc(-c4cccc5c4c4ccccc4n5-c4ccccc4)cc3)c3cccc(-c4ccc5c(c4)c(-c4ccccc4)c(-c4ccccc4)c4ccccc45)c3)cc2)cc1. The summed E-state index contributed by atoms with van der Waals surface area (Å²) < 4.78 is 2.39. The molecule has 0 spiro atoms. The van der Waals surface area contributed by atoms with Crippen LogP contribution in [-0.4, -0.2) is 4.57 Å². The van der Waals surface area contributed by atoms with Crippen molar-refractivity contribution in [2.45, 2.75) is 0 Å². The highest BCUT2D eigenvalue weighted by molar-refractivity contribution is 6.22. The van der Waals surface area contributed by atoms with Gasteiger partial charge >= 0.3 is 0 Å². The highest BCUT2D eigenvalue weighted by Crippen LogP contribution is 2.47. The summed E-state index contributed by atoms with van der Waals surface area (Å²) in [5, 5.41) is 7.48. The molecule has 0 unspecified atom stereocenters. The van der Waals surface area contributed by atoms with Crippen LogP contribution < -0.4 is 4.90 Å². The molecule has 0 amide bonds. The number of hydrogen-bond acceptors (Lipinski definition) is 1. The van der Waals surface area contributed by atoms with Crippen molar-refractivity contribution >= 4 is 60.4 Å². The van der Waals surface area contributed by atoms with E-state index in [1.165, 1.54) is 93.4 Å². The van der Waals surface area contributed by atoms with Crippen molar-refractivity contribution in [1.29, 1.82) is 0 Å². The van der Waals surface area contributed by atoms with Gasteiger partial charge in [0, 0.05) is 33.5 Å². The number of hydrogen-bond donors (Lipinski definition) is 0. The molecule has 0 aliphatic rings. The van der Waals surface area contributed by atoms with Crippen molar-refractivity contribution < 1.29 is 0 Å². The van der Waals surface area contributed by atoms with Crippen molar-refractivity contribution in [2.24, 2.45) is 0 Å². The lowest BCUT2D eigenvalue weighted by Crippen LogP contribution is -2.10. The van der Waals surface area contributed by atoms with E-state index in [9.17, 15) is 0 Å². The molecular formula is C68H46N2. The van der Waals surface area contributed by atoms with Crippen LogP contribution in [0.5, 0.6) is 0 Å². The second kappa shape index (κ2) is 17.4. The summed E-state index contributed by atoms with van der Waals surface area (Å²) in [6, 6.07) is 102. The Labute approximate surface area is 408 Å². The highest BCUT2D eigenvalue weighted by atomic mass is 15.1. The van der Waals surface area contributed by atoms with Crippen LogP contribution in [0.3, 0.4) is 0 Å². The van der Waals surface area contributed by atoms with Gasteiger partial charge in [-0.25, -0.2) is 0 Å². The van der Waals surface area contributed by atoms with E-state index >= 15 is 0 Å². The van der Waals surface area contributed by atoms with Crippen LogP contribution >= 0.6 is 0 Å². The molecule has 0 atom stereocenters. The smallest absolute Gasteiger partial charge is 0.0547 e. The van der Waals surface area contributed by atoms with Crippen LogP contribution in [0.25, 0.3) is 105 Å². The van der Waals surface area contributed by atoms with E-state index < -0.39 is 0 Å². The Bertz CT molecular complexity index is 4010. The minimum absolute atomic E-state index is 1.08. The molecule has 1 heterocycles. The number of aromatic nitrogens is 1. The van der Waals surface area contributed by atoms with Crippen molar-refractivity contribution in [3.63, 3.8) is 0 Å². The first-order chi connectivity index (χ1) is 34.7. The van der Waals surface area contributed by atoms with Gasteiger partial charge in [-0.3, -0.25) is 0 Å². The van der Waals surface area contributed by atoms with Gasteiger partial charge in [-0.05, 0) is 144 Å². The number of benzene rings is 12. The maximum atomic E-state index is 2.42. The molecule has 0 bridgehead atoms. The standard InChI is InChI=1S/C68H46N2/c1-5-19-47(20-6-1)48-35-40-55(41-36-48)69(56-42-37-49(38-43-56)58-32-18-34-65-68(58)62-31-15-16-33-64(62)70(65)54-26-11-4-12-27-54)57-28-17-25-52(45-57)53-39-44-60-59-29-13-14-30-61(59)66(50-21-7-2-8-22-50)67(63(60)46-53)51-23-9-3-10-24-51/h1-46H. The Morgan fingerprint density at radius 3 is 1.37 bits per heavy atom. The first kappa shape index (κ1) is 41.0. The normalized spacial score (nSPS) is 11.4. The molecule has 2 heteroatoms. The van der Waals surface area contributed by atoms with E-state index in [2.05, 4.69) is 289 Å². The van der Waals surface area contributed by atoms with Gasteiger partial charge in [0.15, 0.2) is 0 Å². The largest absolute Gasteiger partial charge is 0.310 e. The first-order valence-corrected chi connectivity index (χ1v) is 24.1. The molecule has 0 N–H and O–H groups in total. The Morgan fingerprint density at radius 1 is 0.243 bits per heavy atom. The molecular weight excluding hydrogens is 845 g/mol. The van der Waals surface area contributed by atoms with Crippen molar-refractivity contribution in [1.82, 2.24) is 4.57 Å². The average Bonchev–Trinajstić information content (AvgIpc) is 3.79. The zero-order chi connectivity index (χ0) is 46.4. The monoisotopic (exact) mass is 890 g/mol. The van der Waals surface area contributed by atoms with Crippen LogP contribution in [0.2, 0.25) is 0 Å². The molecule has 0 fully saturated rings. The van der Waals surface area contributed by atoms with E-state index in [1.807, 2.05) is 0 Å². The topological polar surface area (TPSA) is 8.17 Å².